The fraction of sp³-hybridized carbons (Fsp3) is 0.667. The van der Waals surface area contributed by atoms with Gasteiger partial charge in [0.15, 0.2) is 0 Å². The highest BCUT2D eigenvalue weighted by atomic mass is 16.5. The molecule has 1 fully saturated rings. The first-order valence-corrected chi connectivity index (χ1v) is 7.95. The molecular weight excluding hydrogens is 260 g/mol. The second-order valence-corrected chi connectivity index (χ2v) is 7.31. The zero-order valence-electron chi connectivity index (χ0n) is 14.1. The zero-order chi connectivity index (χ0) is 15.5. The molecule has 1 aromatic rings. The van der Waals surface area contributed by atoms with Crippen LogP contribution in [0.3, 0.4) is 0 Å². The average Bonchev–Trinajstić information content (AvgIpc) is 2.37. The number of rotatable bonds is 5. The predicted molar refractivity (Wildman–Crippen MR) is 88.8 cm³/mol. The molecule has 21 heavy (non-hydrogen) atoms. The first-order valence-electron chi connectivity index (χ1n) is 7.95. The molecule has 2 atom stereocenters. The highest BCUT2D eigenvalue weighted by Crippen LogP contribution is 2.28. The largest absolute Gasteiger partial charge is 0.370 e. The molecule has 1 heterocycles. The number of nitrogens with zero attached hydrogens (tertiary/aromatic N) is 1. The van der Waals surface area contributed by atoms with Gasteiger partial charge in [0.05, 0.1) is 11.7 Å². The van der Waals surface area contributed by atoms with Crippen molar-refractivity contribution in [3.8, 4) is 0 Å². The molecule has 3 heteroatoms. The smallest absolute Gasteiger partial charge is 0.0757 e. The molecule has 0 bridgehead atoms. The van der Waals surface area contributed by atoms with Gasteiger partial charge in [-0.3, -0.25) is 4.90 Å². The Balaban J connectivity index is 2.16. The van der Waals surface area contributed by atoms with Crippen LogP contribution in [0.5, 0.6) is 0 Å². The maximum absolute atomic E-state index is 6.03. The molecule has 3 nitrogen and oxygen atoms in total. The summed E-state index contributed by atoms with van der Waals surface area (Å²) < 4.78 is 6.03. The Labute approximate surface area is 129 Å². The van der Waals surface area contributed by atoms with Crippen molar-refractivity contribution in [2.45, 2.75) is 44.8 Å². The minimum Gasteiger partial charge on any atom is -0.370 e. The van der Waals surface area contributed by atoms with Gasteiger partial charge < -0.3 is 10.1 Å². The topological polar surface area (TPSA) is 24.5 Å². The van der Waals surface area contributed by atoms with Crippen molar-refractivity contribution in [3.63, 3.8) is 0 Å². The Morgan fingerprint density at radius 2 is 2.00 bits per heavy atom. The van der Waals surface area contributed by atoms with E-state index in [1.807, 2.05) is 7.05 Å². The monoisotopic (exact) mass is 290 g/mol. The van der Waals surface area contributed by atoms with Crippen molar-refractivity contribution in [2.75, 3.05) is 33.2 Å². The Bertz CT molecular complexity index is 446. The van der Waals surface area contributed by atoms with Crippen LogP contribution < -0.4 is 5.32 Å². The lowest BCUT2D eigenvalue weighted by Crippen LogP contribution is -2.56. The van der Waals surface area contributed by atoms with Crippen LogP contribution in [-0.2, 0) is 10.2 Å². The van der Waals surface area contributed by atoms with Gasteiger partial charge in [-0.2, -0.15) is 0 Å². The molecule has 0 aromatic heterocycles. The van der Waals surface area contributed by atoms with Crippen LogP contribution in [0.1, 0.15) is 33.3 Å². The Morgan fingerprint density at radius 1 is 1.33 bits per heavy atom. The van der Waals surface area contributed by atoms with Gasteiger partial charge in [-0.15, -0.1) is 0 Å². The van der Waals surface area contributed by atoms with Gasteiger partial charge in [-0.1, -0.05) is 37.3 Å². The van der Waals surface area contributed by atoms with Gasteiger partial charge in [-0.25, -0.2) is 0 Å². The van der Waals surface area contributed by atoms with Crippen LogP contribution in [0, 0.1) is 0 Å². The molecule has 0 radical (unpaired) electrons. The van der Waals surface area contributed by atoms with Crippen molar-refractivity contribution < 1.29 is 4.74 Å². The normalized spacial score (nSPS) is 25.5. The Kier molecular flexibility index (Phi) is 5.07. The summed E-state index contributed by atoms with van der Waals surface area (Å²) in [5.74, 6) is 0. The Morgan fingerprint density at radius 3 is 2.57 bits per heavy atom. The fourth-order valence-corrected chi connectivity index (χ4v) is 3.68. The first-order chi connectivity index (χ1) is 9.85. The van der Waals surface area contributed by atoms with Gasteiger partial charge in [-0.05, 0) is 33.4 Å². The summed E-state index contributed by atoms with van der Waals surface area (Å²) in [6.45, 7) is 12.9. The fourth-order valence-electron chi connectivity index (χ4n) is 3.68. The summed E-state index contributed by atoms with van der Waals surface area (Å²) in [6, 6.07) is 10.8. The number of nitrogens with one attached hydrogen (secondary N) is 1. The van der Waals surface area contributed by atoms with Gasteiger partial charge in [0.25, 0.3) is 0 Å². The summed E-state index contributed by atoms with van der Waals surface area (Å²) in [5.41, 5.74) is 1.45. The molecule has 2 rings (SSSR count). The van der Waals surface area contributed by atoms with Gasteiger partial charge in [0.1, 0.15) is 0 Å². The number of benzene rings is 1. The molecule has 1 N–H and O–H groups in total. The number of morpholine rings is 1. The van der Waals surface area contributed by atoms with Crippen LogP contribution in [0.25, 0.3) is 0 Å². The molecule has 1 aromatic carbocycles. The van der Waals surface area contributed by atoms with E-state index in [-0.39, 0.29) is 11.0 Å². The van der Waals surface area contributed by atoms with Gasteiger partial charge >= 0.3 is 0 Å². The summed E-state index contributed by atoms with van der Waals surface area (Å²) in [7, 11) is 2.03. The number of ether oxygens (including phenoxy) is 1. The summed E-state index contributed by atoms with van der Waals surface area (Å²) in [6.07, 6.45) is 0.295. The maximum Gasteiger partial charge on any atom is 0.0757 e. The van der Waals surface area contributed by atoms with E-state index in [0.717, 1.165) is 26.2 Å². The van der Waals surface area contributed by atoms with Crippen LogP contribution in [-0.4, -0.2) is 49.8 Å². The van der Waals surface area contributed by atoms with Crippen molar-refractivity contribution in [2.24, 2.45) is 0 Å². The predicted octanol–water partition coefficient (Wildman–Crippen LogP) is 2.66. The van der Waals surface area contributed by atoms with Crippen LogP contribution >= 0.6 is 0 Å². The third-order valence-corrected chi connectivity index (χ3v) is 4.25. The van der Waals surface area contributed by atoms with Crippen molar-refractivity contribution in [1.29, 1.82) is 0 Å². The van der Waals surface area contributed by atoms with Gasteiger partial charge in [0.2, 0.25) is 0 Å². The molecule has 0 amide bonds. The van der Waals surface area contributed by atoms with E-state index in [2.05, 4.69) is 68.2 Å². The van der Waals surface area contributed by atoms with Crippen molar-refractivity contribution >= 4 is 0 Å². The van der Waals surface area contributed by atoms with Crippen LogP contribution in [0.15, 0.2) is 30.3 Å². The summed E-state index contributed by atoms with van der Waals surface area (Å²) >= 11 is 0. The standard InChI is InChI=1S/C18H30N2O/c1-15-11-20(13-17(2,3)21-15)14-18(4,12-19-5)16-9-7-6-8-10-16/h6-10,15,19H,11-14H2,1-5H3. The van der Waals surface area contributed by atoms with E-state index in [0.29, 0.717) is 6.10 Å². The lowest BCUT2D eigenvalue weighted by molar-refractivity contribution is -0.131. The van der Waals surface area contributed by atoms with E-state index in [9.17, 15) is 0 Å². The average molecular weight is 290 g/mol. The SMILES string of the molecule is CNCC(C)(CN1CC(C)OC(C)(C)C1)c1ccccc1. The van der Waals surface area contributed by atoms with Crippen LogP contribution in [0.2, 0.25) is 0 Å². The minimum absolute atomic E-state index is 0.0606. The molecule has 0 aliphatic carbocycles. The molecule has 2 unspecified atom stereocenters. The highest BCUT2D eigenvalue weighted by molar-refractivity contribution is 5.25. The van der Waals surface area contributed by atoms with E-state index in [1.165, 1.54) is 5.56 Å². The highest BCUT2D eigenvalue weighted by Gasteiger charge is 2.36. The van der Waals surface area contributed by atoms with E-state index >= 15 is 0 Å². The van der Waals surface area contributed by atoms with Crippen molar-refractivity contribution in [3.05, 3.63) is 35.9 Å². The third kappa shape index (κ3) is 4.29. The number of hydrogen-bond acceptors (Lipinski definition) is 3. The molecule has 118 valence electrons. The van der Waals surface area contributed by atoms with Gasteiger partial charge in [0, 0.05) is 31.6 Å². The van der Waals surface area contributed by atoms with E-state index < -0.39 is 0 Å². The quantitative estimate of drug-likeness (QED) is 0.902. The summed E-state index contributed by atoms with van der Waals surface area (Å²) in [4.78, 5) is 2.55. The maximum atomic E-state index is 6.03. The van der Waals surface area contributed by atoms with E-state index in [4.69, 9.17) is 4.74 Å². The lowest BCUT2D eigenvalue weighted by Gasteiger charge is -2.45. The second kappa shape index (κ2) is 6.47. The van der Waals surface area contributed by atoms with E-state index in [1.54, 1.807) is 0 Å². The zero-order valence-corrected chi connectivity index (χ0v) is 14.1. The number of likely N-dealkylation sites (N-methyl/N-ethyl adjacent to an activating group) is 1. The minimum atomic E-state index is -0.0606. The number of hydrogen-bond donors (Lipinski definition) is 1. The lowest BCUT2D eigenvalue weighted by atomic mass is 9.81. The first kappa shape index (κ1) is 16.5. The summed E-state index contributed by atoms with van der Waals surface area (Å²) in [5, 5.41) is 3.37. The van der Waals surface area contributed by atoms with Crippen LogP contribution in [0.4, 0.5) is 0 Å². The molecule has 1 saturated heterocycles. The molecule has 1 aliphatic rings. The Hall–Kier alpha value is -0.900. The third-order valence-electron chi connectivity index (χ3n) is 4.25. The molecule has 1 aliphatic heterocycles. The molecule has 0 spiro atoms. The molecule has 0 saturated carbocycles. The molecular formula is C18H30N2O. The second-order valence-electron chi connectivity index (χ2n) is 7.31. The van der Waals surface area contributed by atoms with Crippen molar-refractivity contribution in [1.82, 2.24) is 10.2 Å².